The van der Waals surface area contributed by atoms with Crippen LogP contribution in [-0.4, -0.2) is 15.8 Å². The third-order valence-electron chi connectivity index (χ3n) is 2.88. The summed E-state index contributed by atoms with van der Waals surface area (Å²) in [4.78, 5) is 0. The highest BCUT2D eigenvalue weighted by molar-refractivity contribution is 5.15. The maximum absolute atomic E-state index is 4.44. The third-order valence-corrected chi connectivity index (χ3v) is 2.88. The smallest absolute Gasteiger partial charge is 0.0537 e. The van der Waals surface area contributed by atoms with Gasteiger partial charge in [-0.05, 0) is 13.3 Å². The Kier molecular flexibility index (Phi) is 5.53. The van der Waals surface area contributed by atoms with Crippen molar-refractivity contribution in [1.82, 2.24) is 15.1 Å². The van der Waals surface area contributed by atoms with Crippen molar-refractivity contribution >= 4 is 0 Å². The molecule has 1 heterocycles. The molecule has 0 aromatic carbocycles. The summed E-state index contributed by atoms with van der Waals surface area (Å²) < 4.78 is 2.13. The van der Waals surface area contributed by atoms with Gasteiger partial charge in [-0.3, -0.25) is 4.68 Å². The van der Waals surface area contributed by atoms with Crippen LogP contribution in [0.4, 0.5) is 0 Å². The Bertz CT molecular complexity index is 302. The van der Waals surface area contributed by atoms with Gasteiger partial charge in [0.1, 0.15) is 0 Å². The van der Waals surface area contributed by atoms with E-state index in [1.54, 1.807) is 0 Å². The Morgan fingerprint density at radius 1 is 1.38 bits per heavy atom. The number of nitrogens with zero attached hydrogens (tertiary/aromatic N) is 2. The minimum atomic E-state index is 0.530. The van der Waals surface area contributed by atoms with Crippen molar-refractivity contribution in [2.45, 2.75) is 66.1 Å². The van der Waals surface area contributed by atoms with Crippen LogP contribution >= 0.6 is 0 Å². The Labute approximate surface area is 99.2 Å². The molecule has 3 heteroatoms. The number of hydrogen-bond donors (Lipinski definition) is 1. The molecular formula is C13H25N3. The van der Waals surface area contributed by atoms with E-state index in [-0.39, 0.29) is 0 Å². The van der Waals surface area contributed by atoms with Gasteiger partial charge in [0.2, 0.25) is 0 Å². The third kappa shape index (κ3) is 3.97. The van der Waals surface area contributed by atoms with E-state index < -0.39 is 0 Å². The van der Waals surface area contributed by atoms with Gasteiger partial charge in [0.25, 0.3) is 0 Å². The molecule has 92 valence electrons. The van der Waals surface area contributed by atoms with Crippen molar-refractivity contribution in [1.29, 1.82) is 0 Å². The summed E-state index contributed by atoms with van der Waals surface area (Å²) in [5.41, 5.74) is 2.63. The van der Waals surface area contributed by atoms with Gasteiger partial charge in [-0.2, -0.15) is 5.10 Å². The Morgan fingerprint density at radius 2 is 2.12 bits per heavy atom. The molecule has 0 atom stereocenters. The lowest BCUT2D eigenvalue weighted by molar-refractivity contribution is 0.539. The van der Waals surface area contributed by atoms with Crippen molar-refractivity contribution in [3.05, 3.63) is 17.5 Å². The molecule has 3 nitrogen and oxygen atoms in total. The quantitative estimate of drug-likeness (QED) is 0.720. The first-order valence-corrected chi connectivity index (χ1v) is 6.39. The first-order chi connectivity index (χ1) is 7.65. The van der Waals surface area contributed by atoms with Crippen LogP contribution in [0.5, 0.6) is 0 Å². The fourth-order valence-corrected chi connectivity index (χ4v) is 1.71. The summed E-state index contributed by atoms with van der Waals surface area (Å²) in [5.74, 6) is 0. The number of aryl methyl sites for hydroxylation is 1. The second-order valence-corrected chi connectivity index (χ2v) is 4.72. The van der Waals surface area contributed by atoms with Crippen molar-refractivity contribution in [2.75, 3.05) is 0 Å². The molecule has 1 aromatic rings. The molecule has 0 saturated heterocycles. The highest BCUT2D eigenvalue weighted by Crippen LogP contribution is 2.09. The van der Waals surface area contributed by atoms with Crippen LogP contribution in [0.2, 0.25) is 0 Å². The molecule has 0 bridgehead atoms. The number of nitrogens with one attached hydrogen (secondary N) is 1. The van der Waals surface area contributed by atoms with E-state index in [1.165, 1.54) is 30.5 Å². The Morgan fingerprint density at radius 3 is 2.75 bits per heavy atom. The highest BCUT2D eigenvalue weighted by atomic mass is 15.3. The van der Waals surface area contributed by atoms with Crippen LogP contribution in [0.3, 0.4) is 0 Å². The molecule has 0 aliphatic carbocycles. The molecule has 1 aromatic heterocycles. The Balaban J connectivity index is 2.48. The average molecular weight is 223 g/mol. The largest absolute Gasteiger partial charge is 0.310 e. The fourth-order valence-electron chi connectivity index (χ4n) is 1.71. The minimum absolute atomic E-state index is 0.530. The SMILES string of the molecule is CCCCCn1ncc(CNC(C)C)c1C. The van der Waals surface area contributed by atoms with Crippen molar-refractivity contribution in [3.63, 3.8) is 0 Å². The molecule has 0 aliphatic heterocycles. The van der Waals surface area contributed by atoms with Gasteiger partial charge in [-0.15, -0.1) is 0 Å². The van der Waals surface area contributed by atoms with Gasteiger partial charge in [0.15, 0.2) is 0 Å². The molecule has 0 saturated carbocycles. The van der Waals surface area contributed by atoms with E-state index in [0.717, 1.165) is 13.1 Å². The molecule has 1 rings (SSSR count). The fraction of sp³-hybridized carbons (Fsp3) is 0.769. The maximum atomic E-state index is 4.44. The molecular weight excluding hydrogens is 198 g/mol. The van der Waals surface area contributed by atoms with Gasteiger partial charge in [-0.25, -0.2) is 0 Å². The van der Waals surface area contributed by atoms with Crippen LogP contribution in [-0.2, 0) is 13.1 Å². The van der Waals surface area contributed by atoms with Gasteiger partial charge >= 0.3 is 0 Å². The monoisotopic (exact) mass is 223 g/mol. The summed E-state index contributed by atoms with van der Waals surface area (Å²) in [6.45, 7) is 10.7. The van der Waals surface area contributed by atoms with Crippen molar-refractivity contribution in [2.24, 2.45) is 0 Å². The van der Waals surface area contributed by atoms with Crippen LogP contribution in [0, 0.1) is 6.92 Å². The molecule has 0 spiro atoms. The molecule has 0 aliphatic rings. The van der Waals surface area contributed by atoms with Crippen LogP contribution in [0.15, 0.2) is 6.20 Å². The first kappa shape index (κ1) is 13.2. The van der Waals surface area contributed by atoms with Crippen LogP contribution in [0.1, 0.15) is 51.3 Å². The predicted octanol–water partition coefficient (Wildman–Crippen LogP) is 2.88. The van der Waals surface area contributed by atoms with E-state index in [1.807, 2.05) is 6.20 Å². The molecule has 0 unspecified atom stereocenters. The number of unbranched alkanes of at least 4 members (excludes halogenated alkanes) is 2. The lowest BCUT2D eigenvalue weighted by Crippen LogP contribution is -2.22. The first-order valence-electron chi connectivity index (χ1n) is 6.39. The zero-order chi connectivity index (χ0) is 12.0. The number of rotatable bonds is 7. The summed E-state index contributed by atoms with van der Waals surface area (Å²) in [5, 5.41) is 7.87. The van der Waals surface area contributed by atoms with Gasteiger partial charge in [0.05, 0.1) is 6.20 Å². The second kappa shape index (κ2) is 6.69. The van der Waals surface area contributed by atoms with Gasteiger partial charge in [-0.1, -0.05) is 33.6 Å². The average Bonchev–Trinajstić information content (AvgIpc) is 2.58. The summed E-state index contributed by atoms with van der Waals surface area (Å²) in [7, 11) is 0. The highest BCUT2D eigenvalue weighted by Gasteiger charge is 2.05. The van der Waals surface area contributed by atoms with Crippen molar-refractivity contribution < 1.29 is 0 Å². The molecule has 0 fully saturated rings. The summed E-state index contributed by atoms with van der Waals surface area (Å²) in [6, 6.07) is 0.530. The maximum Gasteiger partial charge on any atom is 0.0537 e. The standard InChI is InChI=1S/C13H25N3/c1-5-6-7-8-16-12(4)13(10-15-16)9-14-11(2)3/h10-11,14H,5-9H2,1-4H3. The zero-order valence-electron chi connectivity index (χ0n) is 11.1. The lowest BCUT2D eigenvalue weighted by Gasteiger charge is -2.08. The summed E-state index contributed by atoms with van der Waals surface area (Å²) >= 11 is 0. The van der Waals surface area contributed by atoms with Gasteiger partial charge in [0, 0.05) is 30.4 Å². The zero-order valence-corrected chi connectivity index (χ0v) is 11.1. The van der Waals surface area contributed by atoms with E-state index in [9.17, 15) is 0 Å². The predicted molar refractivity (Wildman–Crippen MR) is 68.5 cm³/mol. The molecule has 0 radical (unpaired) electrons. The number of aromatic nitrogens is 2. The topological polar surface area (TPSA) is 29.9 Å². The molecule has 16 heavy (non-hydrogen) atoms. The number of hydrogen-bond acceptors (Lipinski definition) is 2. The second-order valence-electron chi connectivity index (χ2n) is 4.72. The molecule has 1 N–H and O–H groups in total. The molecule has 0 amide bonds. The summed E-state index contributed by atoms with van der Waals surface area (Å²) in [6.07, 6.45) is 5.79. The van der Waals surface area contributed by atoms with Crippen molar-refractivity contribution in [3.8, 4) is 0 Å². The van der Waals surface area contributed by atoms with Crippen LogP contribution in [0.25, 0.3) is 0 Å². The van der Waals surface area contributed by atoms with E-state index in [0.29, 0.717) is 6.04 Å². The van der Waals surface area contributed by atoms with Crippen LogP contribution < -0.4 is 5.32 Å². The van der Waals surface area contributed by atoms with Gasteiger partial charge < -0.3 is 5.32 Å². The lowest BCUT2D eigenvalue weighted by atomic mass is 10.2. The van der Waals surface area contributed by atoms with E-state index in [4.69, 9.17) is 0 Å². The normalized spacial score (nSPS) is 11.3. The van der Waals surface area contributed by atoms with E-state index in [2.05, 4.69) is 42.8 Å². The Hall–Kier alpha value is -0.830. The van der Waals surface area contributed by atoms with E-state index >= 15 is 0 Å². The minimum Gasteiger partial charge on any atom is -0.310 e.